The third-order valence-corrected chi connectivity index (χ3v) is 2.60. The molecule has 0 saturated heterocycles. The highest BCUT2D eigenvalue weighted by molar-refractivity contribution is 5.79. The minimum atomic E-state index is -0.350. The van der Waals surface area contributed by atoms with Crippen molar-refractivity contribution in [3.05, 3.63) is 24.3 Å². The number of carbonyl (C=O) groups excluding carboxylic acids is 1. The molecule has 0 aliphatic rings. The zero-order valence-corrected chi connectivity index (χ0v) is 11.5. The Morgan fingerprint density at radius 2 is 1.79 bits per heavy atom. The van der Waals surface area contributed by atoms with E-state index in [0.29, 0.717) is 26.2 Å². The van der Waals surface area contributed by atoms with Crippen LogP contribution in [0.15, 0.2) is 24.3 Å². The summed E-state index contributed by atoms with van der Waals surface area (Å²) in [4.78, 5) is 11.1. The molecule has 1 aromatic rings. The Hall–Kier alpha value is -1.75. The van der Waals surface area contributed by atoms with Crippen LogP contribution in [0.4, 0.5) is 0 Å². The molecule has 1 atom stereocenters. The van der Waals surface area contributed by atoms with Gasteiger partial charge in [-0.1, -0.05) is 6.92 Å². The number of amides is 1. The van der Waals surface area contributed by atoms with Crippen LogP contribution in [0, 0.1) is 0 Å². The van der Waals surface area contributed by atoms with Crippen LogP contribution in [0.3, 0.4) is 0 Å². The lowest BCUT2D eigenvalue weighted by molar-refractivity contribution is -0.120. The quantitative estimate of drug-likeness (QED) is 0.707. The number of nitrogens with one attached hydrogen (secondary N) is 1. The van der Waals surface area contributed by atoms with Crippen molar-refractivity contribution < 1.29 is 14.3 Å². The highest BCUT2D eigenvalue weighted by Gasteiger charge is 2.13. The summed E-state index contributed by atoms with van der Waals surface area (Å²) < 4.78 is 10.9. The van der Waals surface area contributed by atoms with E-state index in [2.05, 4.69) is 5.32 Å². The van der Waals surface area contributed by atoms with Crippen LogP contribution < -0.4 is 20.5 Å². The fourth-order valence-electron chi connectivity index (χ4n) is 1.68. The van der Waals surface area contributed by atoms with Crippen molar-refractivity contribution in [2.24, 2.45) is 5.73 Å². The van der Waals surface area contributed by atoms with Crippen molar-refractivity contribution in [1.29, 1.82) is 0 Å². The molecule has 0 bridgehead atoms. The summed E-state index contributed by atoms with van der Waals surface area (Å²) in [5.41, 5.74) is 5.28. The predicted molar refractivity (Wildman–Crippen MR) is 74.4 cm³/mol. The van der Waals surface area contributed by atoms with E-state index in [1.165, 1.54) is 0 Å². The van der Waals surface area contributed by atoms with E-state index in [0.717, 1.165) is 11.5 Å². The van der Waals surface area contributed by atoms with Gasteiger partial charge in [-0.3, -0.25) is 4.79 Å². The molecule has 1 aromatic carbocycles. The summed E-state index contributed by atoms with van der Waals surface area (Å²) in [6, 6.07) is 7.06. The van der Waals surface area contributed by atoms with Crippen molar-refractivity contribution in [2.45, 2.75) is 26.3 Å². The van der Waals surface area contributed by atoms with Gasteiger partial charge in [-0.05, 0) is 37.7 Å². The number of ether oxygens (including phenoxy) is 2. The van der Waals surface area contributed by atoms with Gasteiger partial charge in [0.15, 0.2) is 0 Å². The number of benzene rings is 1. The molecular weight excluding hydrogens is 244 g/mol. The molecule has 0 aliphatic heterocycles. The van der Waals surface area contributed by atoms with Crippen molar-refractivity contribution >= 4 is 5.91 Å². The fraction of sp³-hybridized carbons (Fsp3) is 0.500. The third-order valence-electron chi connectivity index (χ3n) is 2.60. The number of primary amides is 1. The highest BCUT2D eigenvalue weighted by Crippen LogP contribution is 2.17. The average molecular weight is 266 g/mol. The first-order chi connectivity index (χ1) is 9.17. The van der Waals surface area contributed by atoms with Crippen LogP contribution in [0.1, 0.15) is 20.3 Å². The van der Waals surface area contributed by atoms with E-state index in [1.807, 2.05) is 38.1 Å². The van der Waals surface area contributed by atoms with Gasteiger partial charge in [-0.15, -0.1) is 0 Å². The van der Waals surface area contributed by atoms with Crippen molar-refractivity contribution in [3.8, 4) is 11.5 Å². The summed E-state index contributed by atoms with van der Waals surface area (Å²) in [5.74, 6) is 1.22. The second kappa shape index (κ2) is 8.37. The van der Waals surface area contributed by atoms with Gasteiger partial charge >= 0.3 is 0 Å². The molecule has 0 aliphatic carbocycles. The Morgan fingerprint density at radius 1 is 1.21 bits per heavy atom. The summed E-state index contributed by atoms with van der Waals surface area (Å²) in [6.07, 6.45) is 0.552. The molecule has 5 nitrogen and oxygen atoms in total. The number of hydrogen-bond acceptors (Lipinski definition) is 4. The zero-order chi connectivity index (χ0) is 14.1. The summed E-state index contributed by atoms with van der Waals surface area (Å²) >= 11 is 0. The van der Waals surface area contributed by atoms with Crippen molar-refractivity contribution in [2.75, 3.05) is 19.8 Å². The fourth-order valence-corrected chi connectivity index (χ4v) is 1.68. The molecule has 1 rings (SSSR count). The number of nitrogens with two attached hydrogens (primary N) is 1. The molecule has 0 saturated carbocycles. The van der Waals surface area contributed by atoms with Crippen molar-refractivity contribution in [1.82, 2.24) is 5.32 Å². The first kappa shape index (κ1) is 15.3. The van der Waals surface area contributed by atoms with Gasteiger partial charge < -0.3 is 20.5 Å². The molecule has 5 heteroatoms. The van der Waals surface area contributed by atoms with Crippen LogP contribution in [0.5, 0.6) is 11.5 Å². The van der Waals surface area contributed by atoms with E-state index < -0.39 is 0 Å². The molecule has 19 heavy (non-hydrogen) atoms. The second-order valence-electron chi connectivity index (χ2n) is 4.05. The van der Waals surface area contributed by atoms with Crippen molar-refractivity contribution in [3.63, 3.8) is 0 Å². The summed E-state index contributed by atoms with van der Waals surface area (Å²) in [5, 5.41) is 3.02. The van der Waals surface area contributed by atoms with Gasteiger partial charge in [0.2, 0.25) is 5.91 Å². The van der Waals surface area contributed by atoms with Gasteiger partial charge in [0.05, 0.1) is 19.3 Å². The van der Waals surface area contributed by atoms with E-state index in [9.17, 15) is 4.79 Å². The molecule has 0 aromatic heterocycles. The Bertz CT molecular complexity index is 379. The normalized spacial score (nSPS) is 11.9. The molecule has 1 amide bonds. The first-order valence-corrected chi connectivity index (χ1v) is 6.55. The van der Waals surface area contributed by atoms with Gasteiger partial charge in [0.1, 0.15) is 11.5 Å². The third kappa shape index (κ3) is 5.61. The summed E-state index contributed by atoms with van der Waals surface area (Å²) in [7, 11) is 0. The molecule has 0 radical (unpaired) electrons. The van der Waals surface area contributed by atoms with Gasteiger partial charge in [0.25, 0.3) is 0 Å². The molecule has 0 heterocycles. The van der Waals surface area contributed by atoms with E-state index in [1.54, 1.807) is 0 Å². The van der Waals surface area contributed by atoms with Crippen LogP contribution in [0.25, 0.3) is 0 Å². The van der Waals surface area contributed by atoms with Gasteiger partial charge in [-0.2, -0.15) is 0 Å². The molecule has 106 valence electrons. The minimum absolute atomic E-state index is 0.340. The molecule has 1 unspecified atom stereocenters. The minimum Gasteiger partial charge on any atom is -0.494 e. The Kier molecular flexibility index (Phi) is 6.74. The maximum absolute atomic E-state index is 11.1. The highest BCUT2D eigenvalue weighted by atomic mass is 16.5. The molecular formula is C14H22N2O3. The lowest BCUT2D eigenvalue weighted by Gasteiger charge is -2.14. The van der Waals surface area contributed by atoms with Crippen LogP contribution >= 0.6 is 0 Å². The number of carbonyl (C=O) groups is 1. The number of hydrogen-bond donors (Lipinski definition) is 2. The largest absolute Gasteiger partial charge is 0.494 e. The standard InChI is InChI=1S/C14H22N2O3/c1-3-16-13(14(15)17)9-10-19-12-7-5-11(6-8-12)18-4-2/h5-8,13,16H,3-4,9-10H2,1-2H3,(H2,15,17). The Labute approximate surface area is 114 Å². The van der Waals surface area contributed by atoms with Crippen LogP contribution in [-0.4, -0.2) is 31.7 Å². The Morgan fingerprint density at radius 3 is 2.26 bits per heavy atom. The maximum atomic E-state index is 11.1. The second-order valence-corrected chi connectivity index (χ2v) is 4.05. The number of rotatable bonds is 9. The van der Waals surface area contributed by atoms with E-state index >= 15 is 0 Å². The van der Waals surface area contributed by atoms with Gasteiger partial charge in [-0.25, -0.2) is 0 Å². The topological polar surface area (TPSA) is 73.6 Å². The predicted octanol–water partition coefficient (Wildman–Crippen LogP) is 1.32. The molecule has 0 fully saturated rings. The SMILES string of the molecule is CCNC(CCOc1ccc(OCC)cc1)C(N)=O. The average Bonchev–Trinajstić information content (AvgIpc) is 2.40. The van der Waals surface area contributed by atoms with E-state index in [4.69, 9.17) is 15.2 Å². The molecule has 3 N–H and O–H groups in total. The maximum Gasteiger partial charge on any atom is 0.234 e. The monoisotopic (exact) mass is 266 g/mol. The van der Waals surface area contributed by atoms with Crippen LogP contribution in [-0.2, 0) is 4.79 Å². The zero-order valence-electron chi connectivity index (χ0n) is 11.5. The summed E-state index contributed by atoms with van der Waals surface area (Å²) in [6.45, 7) is 5.66. The smallest absolute Gasteiger partial charge is 0.234 e. The van der Waals surface area contributed by atoms with Gasteiger partial charge in [0, 0.05) is 6.42 Å². The molecule has 0 spiro atoms. The van der Waals surface area contributed by atoms with E-state index in [-0.39, 0.29) is 11.9 Å². The first-order valence-electron chi connectivity index (χ1n) is 6.55. The Balaban J connectivity index is 2.37. The van der Waals surface area contributed by atoms with Crippen LogP contribution in [0.2, 0.25) is 0 Å². The lowest BCUT2D eigenvalue weighted by atomic mass is 10.2. The number of likely N-dealkylation sites (N-methyl/N-ethyl adjacent to an activating group) is 1. The lowest BCUT2D eigenvalue weighted by Crippen LogP contribution is -2.42.